The summed E-state index contributed by atoms with van der Waals surface area (Å²) in [5, 5.41) is 2.30. The van der Waals surface area contributed by atoms with Gasteiger partial charge in [0.2, 0.25) is 5.95 Å². The van der Waals surface area contributed by atoms with Crippen molar-refractivity contribution in [3.63, 3.8) is 0 Å². The van der Waals surface area contributed by atoms with Gasteiger partial charge in [-0.15, -0.1) is 20.1 Å². The zero-order chi connectivity index (χ0) is 46.0. The Morgan fingerprint density at radius 1 is 0.232 bits per heavy atom. The van der Waals surface area contributed by atoms with Gasteiger partial charge in [-0.3, -0.25) is 4.57 Å². The van der Waals surface area contributed by atoms with Crippen LogP contribution in [0.3, 0.4) is 0 Å². The second kappa shape index (κ2) is 18.1. The van der Waals surface area contributed by atoms with Gasteiger partial charge in [0.15, 0.2) is 11.6 Å². The van der Waals surface area contributed by atoms with E-state index in [0.717, 1.165) is 32.9 Å². The highest BCUT2D eigenvalue weighted by Gasteiger charge is 2.35. The molecule has 69 heavy (non-hydrogen) atoms. The zero-order valence-corrected chi connectivity index (χ0v) is 39.3. The second-order valence-corrected chi connectivity index (χ2v) is 23.0. The summed E-state index contributed by atoms with van der Waals surface area (Å²) in [4.78, 5) is 26.2. The van der Waals surface area contributed by atoms with Gasteiger partial charge in [0.25, 0.3) is 0 Å². The van der Waals surface area contributed by atoms with Crippen LogP contribution in [0.15, 0.2) is 318 Å². The summed E-state index contributed by atoms with van der Waals surface area (Å²) >= 11 is 0. The first-order valence-electron chi connectivity index (χ1n) is 23.2. The highest BCUT2D eigenvalue weighted by molar-refractivity contribution is 8.34. The van der Waals surface area contributed by atoms with E-state index in [0.29, 0.717) is 17.6 Å². The quantitative estimate of drug-likeness (QED) is 0.130. The molecule has 12 rings (SSSR count). The molecule has 0 aliphatic rings. The van der Waals surface area contributed by atoms with Crippen LogP contribution in [-0.2, 0) is 0 Å². The molecule has 0 saturated heterocycles. The van der Waals surface area contributed by atoms with Gasteiger partial charge in [-0.25, -0.2) is 4.98 Å². The average molecular weight is 923 g/mol. The molecule has 2 aromatic heterocycles. The SMILES string of the molecule is c1ccc(S(c2ccccc2)(c2ccccc2)c2ccc(-c3nc(-c4ccc(S(c5ccccc5)(c5ccccc5)c5ccccc5)cc4)nc(-n4c5ccccc5c5ccccc54)n3)cc2)cc1. The molecule has 0 spiro atoms. The molecule has 2 heterocycles. The molecule has 0 radical (unpaired) electrons. The molecular formula is C63H46N4S2. The maximum atomic E-state index is 5.37. The smallest absolute Gasteiger partial charge is 0.238 e. The Balaban J connectivity index is 1.05. The molecule has 0 amide bonds. The monoisotopic (exact) mass is 922 g/mol. The Morgan fingerprint density at radius 3 is 0.768 bits per heavy atom. The van der Waals surface area contributed by atoms with Crippen LogP contribution in [0, 0.1) is 0 Å². The molecule has 0 unspecified atom stereocenters. The molecule has 0 aliphatic heterocycles. The standard InChI is InChI=1S/C63H46N4S2/c1-7-23-49(24-8-1)68(50-25-9-2-10-26-50,51-27-11-3-12-28-51)55-43-39-47(40-44-55)61-64-62(66-63(65-61)67-59-37-21-19-35-57(59)58-36-20-22-38-60(58)67)48-41-45-56(46-42-48)69(52-29-13-4-14-30-52,53-31-15-5-16-32-53)54-33-17-6-18-34-54/h1-46H. The summed E-state index contributed by atoms with van der Waals surface area (Å²) in [7, 11) is -3.77. The van der Waals surface area contributed by atoms with E-state index >= 15 is 0 Å². The van der Waals surface area contributed by atoms with Gasteiger partial charge in [-0.05, 0) is 109 Å². The van der Waals surface area contributed by atoms with Crippen LogP contribution in [0.5, 0.6) is 0 Å². The number of nitrogens with zero attached hydrogens (tertiary/aromatic N) is 4. The molecule has 10 aromatic carbocycles. The third kappa shape index (κ3) is 7.24. The Morgan fingerprint density at radius 2 is 0.478 bits per heavy atom. The van der Waals surface area contributed by atoms with E-state index in [9.17, 15) is 0 Å². The van der Waals surface area contributed by atoms with Crippen LogP contribution in [0.25, 0.3) is 50.5 Å². The molecule has 0 N–H and O–H groups in total. The number of benzene rings is 10. The summed E-state index contributed by atoms with van der Waals surface area (Å²) < 4.78 is 2.19. The van der Waals surface area contributed by atoms with Gasteiger partial charge in [0.05, 0.1) is 11.0 Å². The number of hydrogen-bond donors (Lipinski definition) is 0. The molecule has 0 atom stereocenters. The van der Waals surface area contributed by atoms with Crippen LogP contribution in [0.2, 0.25) is 0 Å². The molecular weight excluding hydrogens is 877 g/mol. The maximum absolute atomic E-state index is 5.37. The Labute approximate surface area is 406 Å². The molecule has 0 saturated carbocycles. The van der Waals surface area contributed by atoms with Crippen molar-refractivity contribution in [2.24, 2.45) is 0 Å². The Bertz CT molecular complexity index is 3250. The van der Waals surface area contributed by atoms with Crippen LogP contribution >= 0.6 is 20.1 Å². The van der Waals surface area contributed by atoms with E-state index in [1.807, 2.05) is 0 Å². The first-order chi connectivity index (χ1) is 34.2. The number of rotatable bonds is 11. The van der Waals surface area contributed by atoms with E-state index in [2.05, 4.69) is 284 Å². The normalized spacial score (nSPS) is 12.2. The van der Waals surface area contributed by atoms with Gasteiger partial charge >= 0.3 is 0 Å². The van der Waals surface area contributed by atoms with Gasteiger partial charge in [-0.1, -0.05) is 170 Å². The fourth-order valence-corrected chi connectivity index (χ4v) is 17.6. The fraction of sp³-hybridized carbons (Fsp3) is 0. The number of para-hydroxylation sites is 2. The summed E-state index contributed by atoms with van der Waals surface area (Å²) in [5.41, 5.74) is 3.89. The van der Waals surface area contributed by atoms with Gasteiger partial charge in [0.1, 0.15) is 0 Å². The van der Waals surface area contributed by atoms with E-state index in [4.69, 9.17) is 15.0 Å². The number of aromatic nitrogens is 4. The highest BCUT2D eigenvalue weighted by Crippen LogP contribution is 2.74. The van der Waals surface area contributed by atoms with Crippen molar-refractivity contribution >= 4 is 41.9 Å². The van der Waals surface area contributed by atoms with Crippen LogP contribution < -0.4 is 0 Å². The highest BCUT2D eigenvalue weighted by atomic mass is 32.3. The van der Waals surface area contributed by atoms with Crippen molar-refractivity contribution in [3.05, 3.63) is 279 Å². The number of hydrogen-bond acceptors (Lipinski definition) is 3. The minimum Gasteiger partial charge on any atom is -0.278 e. The molecule has 330 valence electrons. The molecule has 6 heteroatoms. The minimum absolute atomic E-state index is 0.566. The van der Waals surface area contributed by atoms with Crippen LogP contribution in [0.1, 0.15) is 0 Å². The molecule has 4 nitrogen and oxygen atoms in total. The lowest BCUT2D eigenvalue weighted by Crippen LogP contribution is -2.07. The largest absolute Gasteiger partial charge is 0.278 e. The Hall–Kier alpha value is -8.29. The second-order valence-electron chi connectivity index (χ2n) is 16.8. The van der Waals surface area contributed by atoms with E-state index in [1.165, 1.54) is 39.2 Å². The van der Waals surface area contributed by atoms with Crippen LogP contribution in [0.4, 0.5) is 0 Å². The third-order valence-electron chi connectivity index (χ3n) is 12.9. The van der Waals surface area contributed by atoms with Crippen molar-refractivity contribution in [1.82, 2.24) is 19.5 Å². The van der Waals surface area contributed by atoms with E-state index in [1.54, 1.807) is 0 Å². The lowest BCUT2D eigenvalue weighted by Gasteiger charge is -2.42. The van der Waals surface area contributed by atoms with Crippen LogP contribution in [-0.4, -0.2) is 19.5 Å². The summed E-state index contributed by atoms with van der Waals surface area (Å²) in [6.07, 6.45) is 0. The third-order valence-corrected chi connectivity index (χ3v) is 20.8. The van der Waals surface area contributed by atoms with E-state index < -0.39 is 20.1 Å². The molecule has 0 aliphatic carbocycles. The topological polar surface area (TPSA) is 43.6 Å². The minimum atomic E-state index is -1.89. The zero-order valence-electron chi connectivity index (χ0n) is 37.7. The Kier molecular flexibility index (Phi) is 11.0. The average Bonchev–Trinajstić information content (AvgIpc) is 3.78. The van der Waals surface area contributed by atoms with Crippen molar-refractivity contribution in [3.8, 4) is 28.7 Å². The molecule has 0 fully saturated rings. The predicted molar refractivity (Wildman–Crippen MR) is 285 cm³/mol. The summed E-state index contributed by atoms with van der Waals surface area (Å²) in [6, 6.07) is 101. The van der Waals surface area contributed by atoms with Crippen molar-refractivity contribution < 1.29 is 0 Å². The van der Waals surface area contributed by atoms with Crippen molar-refractivity contribution in [2.45, 2.75) is 39.2 Å². The first-order valence-corrected chi connectivity index (χ1v) is 26.4. The summed E-state index contributed by atoms with van der Waals surface area (Å²) in [5.74, 6) is 1.77. The van der Waals surface area contributed by atoms with Gasteiger partial charge < -0.3 is 0 Å². The van der Waals surface area contributed by atoms with Crippen molar-refractivity contribution in [2.75, 3.05) is 0 Å². The van der Waals surface area contributed by atoms with Crippen molar-refractivity contribution in [1.29, 1.82) is 0 Å². The van der Waals surface area contributed by atoms with Gasteiger partial charge in [0, 0.05) is 61.1 Å². The predicted octanol–water partition coefficient (Wildman–Crippen LogP) is 17.0. The van der Waals surface area contributed by atoms with Gasteiger partial charge in [-0.2, -0.15) is 9.97 Å². The molecule has 12 aromatic rings. The lowest BCUT2D eigenvalue weighted by atomic mass is 10.2. The first kappa shape index (κ1) is 42.1. The lowest BCUT2D eigenvalue weighted by molar-refractivity contribution is 0.953. The molecule has 0 bridgehead atoms. The fourth-order valence-electron chi connectivity index (χ4n) is 9.86. The maximum Gasteiger partial charge on any atom is 0.238 e. The number of fused-ring (bicyclic) bond motifs is 3. The summed E-state index contributed by atoms with van der Waals surface area (Å²) in [6.45, 7) is 0. The van der Waals surface area contributed by atoms with E-state index in [-0.39, 0.29) is 0 Å².